The van der Waals surface area contributed by atoms with Crippen LogP contribution in [-0.2, 0) is 11.3 Å². The highest BCUT2D eigenvalue weighted by molar-refractivity contribution is 6.05. The number of nitrogens with one attached hydrogen (secondary N) is 4. The van der Waals surface area contributed by atoms with E-state index in [1.165, 1.54) is 12.3 Å². The number of amides is 4. The summed E-state index contributed by atoms with van der Waals surface area (Å²) >= 11 is 0. The standard InChI is InChI=1S/C25H26N4O4/c1-17(2)27-25(32)28-20-12-10-18(11-13-20)16-26-24(31)22(15-21-9-6-14-33-21)29-23(30)19-7-4-3-5-8-19/h3-15,17H,16H2,1-2H3,(H,26,31)(H,29,30)(H2,27,28,32). The molecule has 0 saturated heterocycles. The van der Waals surface area contributed by atoms with Crippen LogP contribution in [0.1, 0.15) is 35.5 Å². The number of carbonyl (C=O) groups is 3. The predicted molar refractivity (Wildman–Crippen MR) is 126 cm³/mol. The van der Waals surface area contributed by atoms with Gasteiger partial charge in [0, 0.05) is 29.9 Å². The highest BCUT2D eigenvalue weighted by Crippen LogP contribution is 2.11. The Kier molecular flexibility index (Phi) is 8.02. The molecule has 0 atom stereocenters. The SMILES string of the molecule is CC(C)NC(=O)Nc1ccc(CNC(=O)C(=Cc2ccco2)NC(=O)c2ccccc2)cc1. The zero-order chi connectivity index (χ0) is 23.6. The molecule has 0 aliphatic carbocycles. The first-order chi connectivity index (χ1) is 15.9. The van der Waals surface area contributed by atoms with Crippen LogP contribution in [0.5, 0.6) is 0 Å². The summed E-state index contributed by atoms with van der Waals surface area (Å²) < 4.78 is 5.29. The fraction of sp³-hybridized carbons (Fsp3) is 0.160. The molecule has 0 bridgehead atoms. The van der Waals surface area contributed by atoms with Crippen molar-refractivity contribution in [2.75, 3.05) is 5.32 Å². The molecule has 0 unspecified atom stereocenters. The van der Waals surface area contributed by atoms with Crippen molar-refractivity contribution >= 4 is 29.6 Å². The Hall–Kier alpha value is -4.33. The van der Waals surface area contributed by atoms with Gasteiger partial charge in [-0.05, 0) is 55.8 Å². The van der Waals surface area contributed by atoms with E-state index in [0.717, 1.165) is 5.56 Å². The van der Waals surface area contributed by atoms with Crippen LogP contribution < -0.4 is 21.3 Å². The second-order valence-electron chi connectivity index (χ2n) is 7.53. The zero-order valence-corrected chi connectivity index (χ0v) is 18.4. The van der Waals surface area contributed by atoms with Crippen molar-refractivity contribution in [3.63, 3.8) is 0 Å². The van der Waals surface area contributed by atoms with Crippen molar-refractivity contribution in [1.29, 1.82) is 0 Å². The van der Waals surface area contributed by atoms with E-state index in [1.54, 1.807) is 66.7 Å². The van der Waals surface area contributed by atoms with Gasteiger partial charge in [0.25, 0.3) is 11.8 Å². The Morgan fingerprint density at radius 2 is 1.67 bits per heavy atom. The van der Waals surface area contributed by atoms with Gasteiger partial charge in [-0.2, -0.15) is 0 Å². The van der Waals surface area contributed by atoms with Crippen LogP contribution in [0.25, 0.3) is 6.08 Å². The topological polar surface area (TPSA) is 112 Å². The fourth-order valence-corrected chi connectivity index (χ4v) is 2.87. The van der Waals surface area contributed by atoms with E-state index in [-0.39, 0.29) is 24.3 Å². The maximum Gasteiger partial charge on any atom is 0.319 e. The lowest BCUT2D eigenvalue weighted by Gasteiger charge is -2.12. The average molecular weight is 447 g/mol. The zero-order valence-electron chi connectivity index (χ0n) is 18.4. The lowest BCUT2D eigenvalue weighted by molar-refractivity contribution is -0.117. The molecule has 1 heterocycles. The predicted octanol–water partition coefficient (Wildman–Crippen LogP) is 3.90. The number of hydrogen-bond donors (Lipinski definition) is 4. The highest BCUT2D eigenvalue weighted by Gasteiger charge is 2.15. The van der Waals surface area contributed by atoms with Gasteiger partial charge in [-0.15, -0.1) is 0 Å². The lowest BCUT2D eigenvalue weighted by Crippen LogP contribution is -2.34. The second kappa shape index (κ2) is 11.3. The Morgan fingerprint density at radius 1 is 0.939 bits per heavy atom. The van der Waals surface area contributed by atoms with Crippen LogP contribution in [-0.4, -0.2) is 23.9 Å². The molecular formula is C25H26N4O4. The summed E-state index contributed by atoms with van der Waals surface area (Å²) in [6.45, 7) is 3.98. The van der Waals surface area contributed by atoms with Crippen LogP contribution >= 0.6 is 0 Å². The molecule has 4 amide bonds. The second-order valence-corrected chi connectivity index (χ2v) is 7.53. The molecular weight excluding hydrogens is 420 g/mol. The van der Waals surface area contributed by atoms with E-state index in [4.69, 9.17) is 4.42 Å². The molecule has 0 saturated carbocycles. The van der Waals surface area contributed by atoms with E-state index in [9.17, 15) is 14.4 Å². The molecule has 4 N–H and O–H groups in total. The van der Waals surface area contributed by atoms with Gasteiger partial charge in [0.05, 0.1) is 6.26 Å². The van der Waals surface area contributed by atoms with E-state index < -0.39 is 11.8 Å². The van der Waals surface area contributed by atoms with Gasteiger partial charge in [0.1, 0.15) is 11.5 Å². The third-order valence-electron chi connectivity index (χ3n) is 4.44. The van der Waals surface area contributed by atoms with Crippen molar-refractivity contribution < 1.29 is 18.8 Å². The summed E-state index contributed by atoms with van der Waals surface area (Å²) in [5.41, 5.74) is 1.95. The first-order valence-electron chi connectivity index (χ1n) is 10.5. The summed E-state index contributed by atoms with van der Waals surface area (Å²) in [6, 6.07) is 18.8. The molecule has 170 valence electrons. The summed E-state index contributed by atoms with van der Waals surface area (Å²) in [7, 11) is 0. The molecule has 0 radical (unpaired) electrons. The van der Waals surface area contributed by atoms with Crippen molar-refractivity contribution in [2.24, 2.45) is 0 Å². The molecule has 0 fully saturated rings. The molecule has 3 rings (SSSR count). The Bertz CT molecular complexity index is 1110. The fourth-order valence-electron chi connectivity index (χ4n) is 2.87. The smallest absolute Gasteiger partial charge is 0.319 e. The van der Waals surface area contributed by atoms with Crippen LogP contribution in [0, 0.1) is 0 Å². The number of urea groups is 1. The average Bonchev–Trinajstić information content (AvgIpc) is 3.31. The maximum atomic E-state index is 12.8. The first-order valence-corrected chi connectivity index (χ1v) is 10.5. The molecule has 0 aliphatic heterocycles. The molecule has 33 heavy (non-hydrogen) atoms. The quantitative estimate of drug-likeness (QED) is 0.393. The van der Waals surface area contributed by atoms with Gasteiger partial charge < -0.3 is 25.7 Å². The van der Waals surface area contributed by atoms with Crippen molar-refractivity contribution in [3.8, 4) is 0 Å². The van der Waals surface area contributed by atoms with Gasteiger partial charge in [0.15, 0.2) is 0 Å². The Balaban J connectivity index is 1.63. The van der Waals surface area contributed by atoms with Crippen LogP contribution in [0.2, 0.25) is 0 Å². The lowest BCUT2D eigenvalue weighted by atomic mass is 10.2. The van der Waals surface area contributed by atoms with Gasteiger partial charge in [-0.1, -0.05) is 30.3 Å². The monoisotopic (exact) mass is 446 g/mol. The minimum Gasteiger partial charge on any atom is -0.465 e. The molecule has 1 aromatic heterocycles. The Morgan fingerprint density at radius 3 is 2.30 bits per heavy atom. The van der Waals surface area contributed by atoms with Crippen LogP contribution in [0.15, 0.2) is 83.1 Å². The van der Waals surface area contributed by atoms with Crippen molar-refractivity contribution in [2.45, 2.75) is 26.4 Å². The third kappa shape index (κ3) is 7.39. The molecule has 0 aliphatic rings. The van der Waals surface area contributed by atoms with E-state index >= 15 is 0 Å². The Labute approximate surface area is 192 Å². The number of furan rings is 1. The van der Waals surface area contributed by atoms with Gasteiger partial charge in [-0.3, -0.25) is 9.59 Å². The summed E-state index contributed by atoms with van der Waals surface area (Å²) in [6.07, 6.45) is 2.95. The van der Waals surface area contributed by atoms with Crippen LogP contribution in [0.3, 0.4) is 0 Å². The molecule has 8 heteroatoms. The van der Waals surface area contributed by atoms with Crippen LogP contribution in [0.4, 0.5) is 10.5 Å². The van der Waals surface area contributed by atoms with E-state index in [1.807, 2.05) is 13.8 Å². The number of carbonyl (C=O) groups excluding carboxylic acids is 3. The van der Waals surface area contributed by atoms with Crippen molar-refractivity contribution in [3.05, 3.63) is 95.6 Å². The van der Waals surface area contributed by atoms with E-state index in [0.29, 0.717) is 17.0 Å². The van der Waals surface area contributed by atoms with Gasteiger partial charge in [0.2, 0.25) is 0 Å². The van der Waals surface area contributed by atoms with Gasteiger partial charge >= 0.3 is 6.03 Å². The first kappa shape index (κ1) is 23.3. The van der Waals surface area contributed by atoms with Gasteiger partial charge in [-0.25, -0.2) is 4.79 Å². The molecule has 2 aromatic carbocycles. The normalized spacial score (nSPS) is 11.1. The summed E-state index contributed by atoms with van der Waals surface area (Å²) in [5.74, 6) is -0.434. The third-order valence-corrected chi connectivity index (χ3v) is 4.44. The molecule has 0 spiro atoms. The number of rotatable bonds is 8. The largest absolute Gasteiger partial charge is 0.465 e. The number of benzene rings is 2. The maximum absolute atomic E-state index is 12.8. The van der Waals surface area contributed by atoms with E-state index in [2.05, 4.69) is 21.3 Å². The summed E-state index contributed by atoms with van der Waals surface area (Å²) in [4.78, 5) is 37.2. The highest BCUT2D eigenvalue weighted by atomic mass is 16.3. The minimum absolute atomic E-state index is 0.0327. The minimum atomic E-state index is -0.464. The number of hydrogen-bond acceptors (Lipinski definition) is 4. The molecule has 3 aromatic rings. The number of anilines is 1. The summed E-state index contributed by atoms with van der Waals surface area (Å²) in [5, 5.41) is 10.9. The molecule has 8 nitrogen and oxygen atoms in total. The van der Waals surface area contributed by atoms with Crippen molar-refractivity contribution in [1.82, 2.24) is 16.0 Å².